The number of aromatic amines is 1. The van der Waals surface area contributed by atoms with Crippen LogP contribution in [0, 0.1) is 0 Å². The van der Waals surface area contributed by atoms with Crippen LogP contribution in [0.1, 0.15) is 49.7 Å². The molecule has 1 saturated heterocycles. The van der Waals surface area contributed by atoms with Crippen molar-refractivity contribution in [2.24, 2.45) is 0 Å². The lowest BCUT2D eigenvalue weighted by atomic mass is 10.2. The summed E-state index contributed by atoms with van der Waals surface area (Å²) in [7, 11) is 0. The molecule has 1 atom stereocenters. The van der Waals surface area contributed by atoms with Gasteiger partial charge in [-0.2, -0.15) is 0 Å². The molecule has 5 nitrogen and oxygen atoms in total. The third-order valence-electron chi connectivity index (χ3n) is 3.77. The first kappa shape index (κ1) is 12.8. The Morgan fingerprint density at radius 3 is 3.11 bits per heavy atom. The Balaban J connectivity index is 1.78. The smallest absolute Gasteiger partial charge is 0.251 e. The lowest BCUT2D eigenvalue weighted by molar-refractivity contribution is -0.0344. The topological polar surface area (TPSA) is 58.2 Å². The molecule has 0 amide bonds. The summed E-state index contributed by atoms with van der Waals surface area (Å²) in [6, 6.07) is 1.63. The van der Waals surface area contributed by atoms with Crippen LogP contribution >= 0.6 is 0 Å². The fourth-order valence-electron chi connectivity index (χ4n) is 2.62. The summed E-state index contributed by atoms with van der Waals surface area (Å²) >= 11 is 0. The normalized spacial score (nSPS) is 24.6. The number of rotatable bonds is 4. The Morgan fingerprint density at radius 1 is 1.53 bits per heavy atom. The molecule has 0 bridgehead atoms. The van der Waals surface area contributed by atoms with Gasteiger partial charge >= 0.3 is 0 Å². The molecule has 2 fully saturated rings. The van der Waals surface area contributed by atoms with Crippen molar-refractivity contribution in [1.29, 1.82) is 0 Å². The minimum atomic E-state index is -0.0910. The first-order chi connectivity index (χ1) is 9.26. The number of H-pyrrole nitrogens is 1. The van der Waals surface area contributed by atoms with Gasteiger partial charge in [-0.15, -0.1) is 0 Å². The third-order valence-corrected chi connectivity index (χ3v) is 3.77. The molecule has 2 aliphatic rings. The van der Waals surface area contributed by atoms with Gasteiger partial charge in [-0.1, -0.05) is 6.92 Å². The third kappa shape index (κ3) is 3.04. The molecule has 104 valence electrons. The summed E-state index contributed by atoms with van der Waals surface area (Å²) in [4.78, 5) is 21.6. The number of hydrogen-bond acceptors (Lipinski definition) is 4. The fourth-order valence-corrected chi connectivity index (χ4v) is 2.62. The molecule has 0 spiro atoms. The summed E-state index contributed by atoms with van der Waals surface area (Å²) < 4.78 is 5.78. The molecule has 0 radical (unpaired) electrons. The highest BCUT2D eigenvalue weighted by Crippen LogP contribution is 2.38. The van der Waals surface area contributed by atoms with Gasteiger partial charge in [0.05, 0.1) is 12.3 Å². The molecule has 2 heterocycles. The lowest BCUT2D eigenvalue weighted by Gasteiger charge is -2.32. The van der Waals surface area contributed by atoms with Crippen molar-refractivity contribution >= 4 is 0 Å². The molecular weight excluding hydrogens is 242 g/mol. The Kier molecular flexibility index (Phi) is 3.66. The highest BCUT2D eigenvalue weighted by atomic mass is 16.5. The molecule has 1 unspecified atom stereocenters. The van der Waals surface area contributed by atoms with Crippen molar-refractivity contribution in [3.8, 4) is 0 Å². The van der Waals surface area contributed by atoms with E-state index in [2.05, 4.69) is 21.8 Å². The van der Waals surface area contributed by atoms with E-state index in [1.54, 1.807) is 6.07 Å². The van der Waals surface area contributed by atoms with Gasteiger partial charge in [0.2, 0.25) is 0 Å². The molecule has 1 aliphatic carbocycles. The molecule has 0 aromatic carbocycles. The maximum absolute atomic E-state index is 11.7. The summed E-state index contributed by atoms with van der Waals surface area (Å²) in [6.07, 6.45) is 3.36. The molecule has 1 aromatic rings. The molecule has 19 heavy (non-hydrogen) atoms. The highest BCUT2D eigenvalue weighted by Gasteiger charge is 2.28. The van der Waals surface area contributed by atoms with Crippen LogP contribution in [0.3, 0.4) is 0 Å². The van der Waals surface area contributed by atoms with E-state index in [1.807, 2.05) is 0 Å². The Bertz CT molecular complexity index is 494. The second-order valence-corrected chi connectivity index (χ2v) is 5.49. The van der Waals surface area contributed by atoms with Crippen LogP contribution in [0.15, 0.2) is 10.9 Å². The predicted octanol–water partition coefficient (Wildman–Crippen LogP) is 1.43. The highest BCUT2D eigenvalue weighted by molar-refractivity contribution is 5.15. The van der Waals surface area contributed by atoms with Crippen LogP contribution in [-0.2, 0) is 4.74 Å². The number of ether oxygens (including phenoxy) is 1. The number of aromatic nitrogens is 2. The second kappa shape index (κ2) is 5.43. The van der Waals surface area contributed by atoms with Crippen molar-refractivity contribution in [1.82, 2.24) is 14.9 Å². The van der Waals surface area contributed by atoms with Gasteiger partial charge in [0.1, 0.15) is 11.9 Å². The Hall–Kier alpha value is -1.20. The summed E-state index contributed by atoms with van der Waals surface area (Å²) in [6.45, 7) is 5.76. The minimum absolute atomic E-state index is 0.0527. The number of hydrogen-bond donors (Lipinski definition) is 1. The zero-order valence-corrected chi connectivity index (χ0v) is 11.4. The van der Waals surface area contributed by atoms with Gasteiger partial charge in [-0.05, 0) is 25.8 Å². The Labute approximate surface area is 113 Å². The maximum atomic E-state index is 11.7. The van der Waals surface area contributed by atoms with Crippen molar-refractivity contribution in [2.45, 2.75) is 38.2 Å². The zero-order chi connectivity index (χ0) is 13.2. The van der Waals surface area contributed by atoms with E-state index in [0.29, 0.717) is 18.3 Å². The van der Waals surface area contributed by atoms with Gasteiger partial charge < -0.3 is 9.72 Å². The van der Waals surface area contributed by atoms with Gasteiger partial charge in [-0.3, -0.25) is 9.69 Å². The summed E-state index contributed by atoms with van der Waals surface area (Å²) in [5.74, 6) is 1.20. The molecule has 3 rings (SSSR count). The van der Waals surface area contributed by atoms with Gasteiger partial charge in [0.15, 0.2) is 0 Å². The van der Waals surface area contributed by atoms with Crippen LogP contribution in [-0.4, -0.2) is 41.1 Å². The van der Waals surface area contributed by atoms with Crippen LogP contribution in [0.4, 0.5) is 0 Å². The Morgan fingerprint density at radius 2 is 2.37 bits per heavy atom. The number of morpholine rings is 1. The molecule has 1 N–H and O–H groups in total. The standard InChI is InChI=1S/C14H21N3O2/c1-2-5-17-6-7-19-12(9-17)14-15-11(10-3-4-10)8-13(18)16-14/h8,10,12H,2-7,9H2,1H3,(H,15,16,18). The summed E-state index contributed by atoms with van der Waals surface area (Å²) in [5, 5.41) is 0. The van der Waals surface area contributed by atoms with Crippen molar-refractivity contribution in [2.75, 3.05) is 26.2 Å². The molecule has 1 aliphatic heterocycles. The van der Waals surface area contributed by atoms with E-state index < -0.39 is 0 Å². The van der Waals surface area contributed by atoms with E-state index in [9.17, 15) is 4.79 Å². The average Bonchev–Trinajstić information content (AvgIpc) is 3.23. The number of nitrogens with one attached hydrogen (secondary N) is 1. The van der Waals surface area contributed by atoms with Crippen molar-refractivity contribution in [3.05, 3.63) is 27.9 Å². The monoisotopic (exact) mass is 263 g/mol. The van der Waals surface area contributed by atoms with E-state index in [4.69, 9.17) is 4.74 Å². The van der Waals surface area contributed by atoms with Crippen LogP contribution in [0.2, 0.25) is 0 Å². The SMILES string of the molecule is CCCN1CCOC(c2nc(C3CC3)cc(=O)[nH]2)C1. The van der Waals surface area contributed by atoms with Gasteiger partial charge in [0, 0.05) is 25.1 Å². The maximum Gasteiger partial charge on any atom is 0.251 e. The van der Waals surface area contributed by atoms with Gasteiger partial charge in [0.25, 0.3) is 5.56 Å². The van der Waals surface area contributed by atoms with Crippen LogP contribution < -0.4 is 5.56 Å². The lowest BCUT2D eigenvalue weighted by Crippen LogP contribution is -2.39. The van der Waals surface area contributed by atoms with Crippen LogP contribution in [0.25, 0.3) is 0 Å². The van der Waals surface area contributed by atoms with Crippen molar-refractivity contribution < 1.29 is 4.74 Å². The van der Waals surface area contributed by atoms with E-state index >= 15 is 0 Å². The average molecular weight is 263 g/mol. The van der Waals surface area contributed by atoms with E-state index in [0.717, 1.165) is 44.6 Å². The van der Waals surface area contributed by atoms with E-state index in [1.165, 1.54) is 0 Å². The first-order valence-corrected chi connectivity index (χ1v) is 7.21. The summed E-state index contributed by atoms with van der Waals surface area (Å²) in [5.41, 5.74) is 0.887. The molecule has 1 saturated carbocycles. The fraction of sp³-hybridized carbons (Fsp3) is 0.714. The minimum Gasteiger partial charge on any atom is -0.368 e. The quantitative estimate of drug-likeness (QED) is 0.893. The largest absolute Gasteiger partial charge is 0.368 e. The molecule has 5 heteroatoms. The first-order valence-electron chi connectivity index (χ1n) is 7.21. The molecular formula is C14H21N3O2. The van der Waals surface area contributed by atoms with Crippen LogP contribution in [0.5, 0.6) is 0 Å². The molecule has 1 aromatic heterocycles. The van der Waals surface area contributed by atoms with Crippen molar-refractivity contribution in [3.63, 3.8) is 0 Å². The zero-order valence-electron chi connectivity index (χ0n) is 11.4. The van der Waals surface area contributed by atoms with Gasteiger partial charge in [-0.25, -0.2) is 4.98 Å². The van der Waals surface area contributed by atoms with E-state index in [-0.39, 0.29) is 11.7 Å². The predicted molar refractivity (Wildman–Crippen MR) is 72.3 cm³/mol. The number of nitrogens with zero attached hydrogens (tertiary/aromatic N) is 2. The second-order valence-electron chi connectivity index (χ2n) is 5.49.